The van der Waals surface area contributed by atoms with Crippen molar-refractivity contribution in [2.24, 2.45) is 5.92 Å². The SMILES string of the molecule is O=C(CCCCCCCNC(=O)C1CCN(C(c2ccccc2)c2ccccc2)CC1)NO. The van der Waals surface area contributed by atoms with Crippen LogP contribution in [0.1, 0.15) is 68.5 Å². The van der Waals surface area contributed by atoms with Gasteiger partial charge in [0.2, 0.25) is 11.8 Å². The van der Waals surface area contributed by atoms with Crippen molar-refractivity contribution in [1.29, 1.82) is 0 Å². The second kappa shape index (κ2) is 13.8. The number of amides is 2. The summed E-state index contributed by atoms with van der Waals surface area (Å²) >= 11 is 0. The number of hydroxylamine groups is 1. The number of benzene rings is 2. The minimum atomic E-state index is -0.327. The van der Waals surface area contributed by atoms with Gasteiger partial charge in [-0.2, -0.15) is 0 Å². The van der Waals surface area contributed by atoms with E-state index >= 15 is 0 Å². The summed E-state index contributed by atoms with van der Waals surface area (Å²) in [5.41, 5.74) is 4.25. The molecule has 0 spiro atoms. The molecular formula is C27H37N3O3. The lowest BCUT2D eigenvalue weighted by Gasteiger charge is -2.37. The Bertz CT molecular complexity index is 797. The molecule has 6 heteroatoms. The average Bonchev–Trinajstić information content (AvgIpc) is 2.87. The van der Waals surface area contributed by atoms with Gasteiger partial charge >= 0.3 is 0 Å². The molecule has 2 aromatic rings. The monoisotopic (exact) mass is 451 g/mol. The number of hydrogen-bond acceptors (Lipinski definition) is 4. The van der Waals surface area contributed by atoms with Gasteiger partial charge in [-0.15, -0.1) is 0 Å². The maximum absolute atomic E-state index is 12.7. The lowest BCUT2D eigenvalue weighted by atomic mass is 9.91. The van der Waals surface area contributed by atoms with Gasteiger partial charge < -0.3 is 5.32 Å². The molecule has 1 fully saturated rings. The minimum absolute atomic E-state index is 0.0884. The van der Waals surface area contributed by atoms with Crippen molar-refractivity contribution in [2.45, 2.75) is 57.4 Å². The Kier molecular flexibility index (Phi) is 10.4. The van der Waals surface area contributed by atoms with Crippen molar-refractivity contribution in [3.63, 3.8) is 0 Å². The van der Waals surface area contributed by atoms with Crippen LogP contribution in [0.4, 0.5) is 0 Å². The number of carbonyl (C=O) groups excluding carboxylic acids is 2. The van der Waals surface area contributed by atoms with Crippen LogP contribution in [0.15, 0.2) is 60.7 Å². The number of piperidine rings is 1. The standard InChI is InChI=1S/C27H37N3O3/c31-25(29-33)16-10-2-1-3-11-19-28-27(32)24-17-20-30(21-18-24)26(22-12-6-4-7-13-22)23-14-8-5-9-15-23/h4-9,12-15,24,26,33H,1-3,10-11,16-21H2,(H,28,32)(H,29,31). The number of rotatable bonds is 12. The Morgan fingerprint density at radius 1 is 0.848 bits per heavy atom. The van der Waals surface area contributed by atoms with Crippen molar-refractivity contribution in [2.75, 3.05) is 19.6 Å². The van der Waals surface area contributed by atoms with Crippen molar-refractivity contribution in [1.82, 2.24) is 15.7 Å². The Labute approximate surface area is 197 Å². The predicted molar refractivity (Wildman–Crippen MR) is 130 cm³/mol. The summed E-state index contributed by atoms with van der Waals surface area (Å²) in [6, 6.07) is 21.5. The molecule has 0 bridgehead atoms. The normalized spacial score (nSPS) is 14.8. The summed E-state index contributed by atoms with van der Waals surface area (Å²) in [4.78, 5) is 26.1. The van der Waals surface area contributed by atoms with Crippen LogP contribution in [0, 0.1) is 5.92 Å². The molecule has 178 valence electrons. The fraction of sp³-hybridized carbons (Fsp3) is 0.481. The van der Waals surface area contributed by atoms with Gasteiger partial charge in [0.25, 0.3) is 0 Å². The van der Waals surface area contributed by atoms with E-state index < -0.39 is 0 Å². The first kappa shape index (κ1) is 24.9. The summed E-state index contributed by atoms with van der Waals surface area (Å²) in [6.45, 7) is 2.54. The molecule has 0 unspecified atom stereocenters. The van der Waals surface area contributed by atoms with Crippen LogP contribution in [-0.4, -0.2) is 41.6 Å². The Hall–Kier alpha value is -2.70. The van der Waals surface area contributed by atoms with Gasteiger partial charge in [-0.25, -0.2) is 5.48 Å². The van der Waals surface area contributed by atoms with E-state index in [9.17, 15) is 9.59 Å². The third kappa shape index (κ3) is 7.98. The smallest absolute Gasteiger partial charge is 0.243 e. The molecular weight excluding hydrogens is 414 g/mol. The second-order valence-corrected chi connectivity index (χ2v) is 8.88. The van der Waals surface area contributed by atoms with Gasteiger partial charge in [0.05, 0.1) is 6.04 Å². The third-order valence-corrected chi connectivity index (χ3v) is 6.50. The average molecular weight is 452 g/mol. The van der Waals surface area contributed by atoms with Gasteiger partial charge in [-0.05, 0) is 49.9 Å². The lowest BCUT2D eigenvalue weighted by molar-refractivity contribution is -0.129. The van der Waals surface area contributed by atoms with Crippen LogP contribution in [0.2, 0.25) is 0 Å². The second-order valence-electron chi connectivity index (χ2n) is 8.88. The van der Waals surface area contributed by atoms with E-state index in [-0.39, 0.29) is 23.8 Å². The molecule has 0 aromatic heterocycles. The molecule has 2 amide bonds. The van der Waals surface area contributed by atoms with Crippen molar-refractivity contribution < 1.29 is 14.8 Å². The topological polar surface area (TPSA) is 81.7 Å². The summed E-state index contributed by atoms with van der Waals surface area (Å²) in [5.74, 6) is -0.0529. The number of unbranched alkanes of at least 4 members (excludes halogenated alkanes) is 4. The van der Waals surface area contributed by atoms with Crippen molar-refractivity contribution in [3.05, 3.63) is 71.8 Å². The highest BCUT2D eigenvalue weighted by Crippen LogP contribution is 2.32. The van der Waals surface area contributed by atoms with E-state index in [0.717, 1.165) is 58.0 Å². The first-order valence-corrected chi connectivity index (χ1v) is 12.2. The van der Waals surface area contributed by atoms with Gasteiger partial charge in [0.1, 0.15) is 0 Å². The zero-order valence-electron chi connectivity index (χ0n) is 19.4. The molecule has 0 atom stereocenters. The Morgan fingerprint density at radius 2 is 1.39 bits per heavy atom. The van der Waals surface area contributed by atoms with E-state index in [1.807, 2.05) is 0 Å². The lowest BCUT2D eigenvalue weighted by Crippen LogP contribution is -2.42. The Balaban J connectivity index is 1.39. The molecule has 2 aromatic carbocycles. The molecule has 1 heterocycles. The first-order chi connectivity index (χ1) is 16.2. The maximum Gasteiger partial charge on any atom is 0.243 e. The predicted octanol–water partition coefficient (Wildman–Crippen LogP) is 4.45. The highest BCUT2D eigenvalue weighted by Gasteiger charge is 2.30. The van der Waals surface area contributed by atoms with Crippen LogP contribution < -0.4 is 10.8 Å². The van der Waals surface area contributed by atoms with Gasteiger partial charge in [-0.3, -0.25) is 19.7 Å². The van der Waals surface area contributed by atoms with E-state index in [4.69, 9.17) is 5.21 Å². The number of nitrogens with one attached hydrogen (secondary N) is 2. The first-order valence-electron chi connectivity index (χ1n) is 12.2. The van der Waals surface area contributed by atoms with Gasteiger partial charge in [-0.1, -0.05) is 79.9 Å². The van der Waals surface area contributed by atoms with E-state index in [2.05, 4.69) is 70.9 Å². The molecule has 0 saturated carbocycles. The molecule has 0 radical (unpaired) electrons. The van der Waals surface area contributed by atoms with Crippen molar-refractivity contribution >= 4 is 11.8 Å². The molecule has 1 aliphatic rings. The zero-order valence-corrected chi connectivity index (χ0v) is 19.4. The molecule has 1 aliphatic heterocycles. The van der Waals surface area contributed by atoms with Gasteiger partial charge in [0.15, 0.2) is 0 Å². The number of likely N-dealkylation sites (tertiary alicyclic amines) is 1. The van der Waals surface area contributed by atoms with Gasteiger partial charge in [0, 0.05) is 18.9 Å². The van der Waals surface area contributed by atoms with Crippen LogP contribution in [0.25, 0.3) is 0 Å². The largest absolute Gasteiger partial charge is 0.356 e. The molecule has 3 rings (SSSR count). The highest BCUT2D eigenvalue weighted by atomic mass is 16.5. The number of nitrogens with zero attached hydrogens (tertiary/aromatic N) is 1. The Morgan fingerprint density at radius 3 is 1.97 bits per heavy atom. The summed E-state index contributed by atoms with van der Waals surface area (Å²) in [6.07, 6.45) is 6.91. The van der Waals surface area contributed by atoms with Crippen LogP contribution in [-0.2, 0) is 9.59 Å². The minimum Gasteiger partial charge on any atom is -0.356 e. The summed E-state index contributed by atoms with van der Waals surface area (Å²) in [5, 5.41) is 11.6. The van der Waals surface area contributed by atoms with E-state index in [1.165, 1.54) is 11.1 Å². The third-order valence-electron chi connectivity index (χ3n) is 6.50. The number of hydrogen-bond donors (Lipinski definition) is 3. The maximum atomic E-state index is 12.7. The van der Waals surface area contributed by atoms with E-state index in [1.54, 1.807) is 5.48 Å². The van der Waals surface area contributed by atoms with Crippen LogP contribution >= 0.6 is 0 Å². The molecule has 6 nitrogen and oxygen atoms in total. The molecule has 0 aliphatic carbocycles. The van der Waals surface area contributed by atoms with Crippen LogP contribution in [0.5, 0.6) is 0 Å². The quantitative estimate of drug-likeness (QED) is 0.253. The summed E-state index contributed by atoms with van der Waals surface area (Å²) < 4.78 is 0. The molecule has 3 N–H and O–H groups in total. The fourth-order valence-corrected chi connectivity index (χ4v) is 4.66. The fourth-order valence-electron chi connectivity index (χ4n) is 4.66. The van der Waals surface area contributed by atoms with E-state index in [0.29, 0.717) is 13.0 Å². The molecule has 33 heavy (non-hydrogen) atoms. The molecule has 1 saturated heterocycles. The summed E-state index contributed by atoms with van der Waals surface area (Å²) in [7, 11) is 0. The number of carbonyl (C=O) groups is 2. The van der Waals surface area contributed by atoms with Crippen LogP contribution in [0.3, 0.4) is 0 Å². The van der Waals surface area contributed by atoms with Crippen molar-refractivity contribution in [3.8, 4) is 0 Å². The highest BCUT2D eigenvalue weighted by molar-refractivity contribution is 5.78. The zero-order chi connectivity index (χ0) is 23.3.